The Morgan fingerprint density at radius 2 is 2.05 bits per heavy atom. The second kappa shape index (κ2) is 6.77. The van der Waals surface area contributed by atoms with Crippen molar-refractivity contribution in [1.29, 1.82) is 0 Å². The fraction of sp³-hybridized carbons (Fsp3) is 0.600. The standard InChI is InChI=1S/C15H25N3O2S/c1-12-7-6-10-18(11-12)21(19,20)17-15-9-5-4-8-14(15)13(2)16-3/h4-5,8-9,12-13,16-17H,6-7,10-11H2,1-3H3. The molecule has 2 atom stereocenters. The first kappa shape index (κ1) is 16.3. The van der Waals surface area contributed by atoms with Gasteiger partial charge in [-0.15, -0.1) is 0 Å². The van der Waals surface area contributed by atoms with Gasteiger partial charge in [0.15, 0.2) is 0 Å². The first-order chi connectivity index (χ1) is 9.94. The van der Waals surface area contributed by atoms with E-state index in [9.17, 15) is 8.42 Å². The summed E-state index contributed by atoms with van der Waals surface area (Å²) in [7, 11) is -1.61. The molecule has 0 aliphatic carbocycles. The minimum absolute atomic E-state index is 0.0872. The zero-order chi connectivity index (χ0) is 15.5. The van der Waals surface area contributed by atoms with Crippen LogP contribution >= 0.6 is 0 Å². The monoisotopic (exact) mass is 311 g/mol. The fourth-order valence-electron chi connectivity index (χ4n) is 2.69. The number of rotatable bonds is 5. The highest BCUT2D eigenvalue weighted by Crippen LogP contribution is 2.25. The van der Waals surface area contributed by atoms with Gasteiger partial charge in [0.05, 0.1) is 5.69 Å². The molecule has 1 aromatic carbocycles. The Labute approximate surface area is 127 Å². The van der Waals surface area contributed by atoms with Crippen molar-refractivity contribution >= 4 is 15.9 Å². The molecule has 0 aromatic heterocycles. The van der Waals surface area contributed by atoms with Gasteiger partial charge >= 0.3 is 10.2 Å². The minimum atomic E-state index is -3.48. The van der Waals surface area contributed by atoms with Crippen molar-refractivity contribution in [3.8, 4) is 0 Å². The molecule has 1 aliphatic rings. The third kappa shape index (κ3) is 3.96. The van der Waals surface area contributed by atoms with E-state index in [-0.39, 0.29) is 6.04 Å². The Hall–Kier alpha value is -1.11. The average molecular weight is 311 g/mol. The number of para-hydroxylation sites is 1. The zero-order valence-electron chi connectivity index (χ0n) is 13.0. The van der Waals surface area contributed by atoms with Crippen LogP contribution in [0.1, 0.15) is 38.3 Å². The van der Waals surface area contributed by atoms with E-state index in [1.807, 2.05) is 38.2 Å². The summed E-state index contributed by atoms with van der Waals surface area (Å²) < 4.78 is 29.4. The van der Waals surface area contributed by atoms with Crippen LogP contribution < -0.4 is 10.0 Å². The van der Waals surface area contributed by atoms with Crippen LogP contribution in [0.25, 0.3) is 0 Å². The molecule has 0 amide bonds. The summed E-state index contributed by atoms with van der Waals surface area (Å²) in [5.41, 5.74) is 1.60. The lowest BCUT2D eigenvalue weighted by atomic mass is 10.0. The smallest absolute Gasteiger partial charge is 0.301 e. The highest BCUT2D eigenvalue weighted by Gasteiger charge is 2.27. The summed E-state index contributed by atoms with van der Waals surface area (Å²) in [5.74, 6) is 0.418. The lowest BCUT2D eigenvalue weighted by Crippen LogP contribution is -2.42. The molecule has 2 N–H and O–H groups in total. The van der Waals surface area contributed by atoms with E-state index in [1.54, 1.807) is 4.31 Å². The summed E-state index contributed by atoms with van der Waals surface area (Å²) in [6, 6.07) is 7.61. The molecular formula is C15H25N3O2S. The maximum atomic E-state index is 12.6. The fourth-order valence-corrected chi connectivity index (χ4v) is 4.10. The van der Waals surface area contributed by atoms with E-state index in [0.717, 1.165) is 18.4 Å². The minimum Gasteiger partial charge on any atom is -0.313 e. The molecule has 0 saturated carbocycles. The Bertz CT molecular complexity index is 574. The first-order valence-corrected chi connectivity index (χ1v) is 8.92. The van der Waals surface area contributed by atoms with Crippen LogP contribution in [-0.2, 0) is 10.2 Å². The quantitative estimate of drug-likeness (QED) is 0.877. The third-order valence-corrected chi connectivity index (χ3v) is 5.55. The number of piperidine rings is 1. The molecule has 118 valence electrons. The highest BCUT2D eigenvalue weighted by molar-refractivity contribution is 7.90. The van der Waals surface area contributed by atoms with Gasteiger partial charge in [-0.2, -0.15) is 12.7 Å². The lowest BCUT2D eigenvalue weighted by Gasteiger charge is -2.30. The van der Waals surface area contributed by atoms with Gasteiger partial charge in [0.25, 0.3) is 0 Å². The molecule has 5 nitrogen and oxygen atoms in total. The van der Waals surface area contributed by atoms with Crippen LogP contribution in [0.4, 0.5) is 5.69 Å². The van der Waals surface area contributed by atoms with Gasteiger partial charge in [0.1, 0.15) is 0 Å². The average Bonchev–Trinajstić information content (AvgIpc) is 2.46. The number of benzene rings is 1. The maximum absolute atomic E-state index is 12.6. The van der Waals surface area contributed by atoms with Crippen LogP contribution in [0.2, 0.25) is 0 Å². The van der Waals surface area contributed by atoms with Crippen LogP contribution in [0.5, 0.6) is 0 Å². The molecule has 1 aromatic rings. The Kier molecular flexibility index (Phi) is 5.24. The van der Waals surface area contributed by atoms with Crippen LogP contribution in [0.3, 0.4) is 0 Å². The summed E-state index contributed by atoms with van der Waals surface area (Å²) >= 11 is 0. The number of hydrogen-bond acceptors (Lipinski definition) is 3. The van der Waals surface area contributed by atoms with Gasteiger partial charge in [-0.1, -0.05) is 25.1 Å². The predicted octanol–water partition coefficient (Wildman–Crippen LogP) is 2.36. The lowest BCUT2D eigenvalue weighted by molar-refractivity contribution is 0.282. The van der Waals surface area contributed by atoms with Gasteiger partial charge in [0, 0.05) is 19.1 Å². The molecule has 0 bridgehead atoms. The molecule has 1 fully saturated rings. The molecule has 1 saturated heterocycles. The van der Waals surface area contributed by atoms with E-state index in [0.29, 0.717) is 24.7 Å². The normalized spacial score (nSPS) is 22.0. The van der Waals surface area contributed by atoms with Crippen LogP contribution in [0.15, 0.2) is 24.3 Å². The summed E-state index contributed by atoms with van der Waals surface area (Å²) in [6.07, 6.45) is 2.02. The molecule has 0 radical (unpaired) electrons. The molecule has 2 unspecified atom stereocenters. The number of nitrogens with one attached hydrogen (secondary N) is 2. The van der Waals surface area contributed by atoms with Crippen molar-refractivity contribution in [2.24, 2.45) is 5.92 Å². The summed E-state index contributed by atoms with van der Waals surface area (Å²) in [5, 5.41) is 3.15. The van der Waals surface area contributed by atoms with Gasteiger partial charge < -0.3 is 5.32 Å². The molecule has 21 heavy (non-hydrogen) atoms. The third-order valence-electron chi connectivity index (χ3n) is 4.06. The number of hydrogen-bond donors (Lipinski definition) is 2. The van der Waals surface area contributed by atoms with Crippen molar-refractivity contribution in [3.63, 3.8) is 0 Å². The summed E-state index contributed by atoms with van der Waals surface area (Å²) in [4.78, 5) is 0. The van der Waals surface area contributed by atoms with E-state index < -0.39 is 10.2 Å². The van der Waals surface area contributed by atoms with Gasteiger partial charge in [0.2, 0.25) is 0 Å². The number of nitrogens with zero attached hydrogens (tertiary/aromatic N) is 1. The van der Waals surface area contributed by atoms with Crippen molar-refractivity contribution in [2.75, 3.05) is 24.9 Å². The van der Waals surface area contributed by atoms with Crippen molar-refractivity contribution < 1.29 is 8.42 Å². The molecule has 6 heteroatoms. The van der Waals surface area contributed by atoms with E-state index in [1.165, 1.54) is 0 Å². The predicted molar refractivity (Wildman–Crippen MR) is 86.4 cm³/mol. The highest BCUT2D eigenvalue weighted by atomic mass is 32.2. The molecular weight excluding hydrogens is 286 g/mol. The van der Waals surface area contributed by atoms with Crippen molar-refractivity contribution in [3.05, 3.63) is 29.8 Å². The van der Waals surface area contributed by atoms with Crippen LogP contribution in [0, 0.1) is 5.92 Å². The van der Waals surface area contributed by atoms with Crippen LogP contribution in [-0.4, -0.2) is 32.9 Å². The van der Waals surface area contributed by atoms with Crippen molar-refractivity contribution in [2.45, 2.75) is 32.7 Å². The van der Waals surface area contributed by atoms with Gasteiger partial charge in [-0.25, -0.2) is 0 Å². The molecule has 0 spiro atoms. The first-order valence-electron chi connectivity index (χ1n) is 7.48. The van der Waals surface area contributed by atoms with E-state index >= 15 is 0 Å². The molecule has 2 rings (SSSR count). The summed E-state index contributed by atoms with van der Waals surface area (Å²) in [6.45, 7) is 5.30. The Morgan fingerprint density at radius 3 is 2.71 bits per heavy atom. The molecule has 1 aliphatic heterocycles. The van der Waals surface area contributed by atoms with Gasteiger partial charge in [-0.05, 0) is 44.4 Å². The van der Waals surface area contributed by atoms with Gasteiger partial charge in [-0.3, -0.25) is 4.72 Å². The second-order valence-corrected chi connectivity index (χ2v) is 7.48. The SMILES string of the molecule is CNC(C)c1ccccc1NS(=O)(=O)N1CCCC(C)C1. The van der Waals surface area contributed by atoms with E-state index in [4.69, 9.17) is 0 Å². The maximum Gasteiger partial charge on any atom is 0.301 e. The Morgan fingerprint density at radius 1 is 1.33 bits per heavy atom. The number of anilines is 1. The Balaban J connectivity index is 2.20. The largest absolute Gasteiger partial charge is 0.313 e. The second-order valence-electron chi connectivity index (χ2n) is 5.81. The molecule has 1 heterocycles. The topological polar surface area (TPSA) is 61.4 Å². The van der Waals surface area contributed by atoms with Crippen molar-refractivity contribution in [1.82, 2.24) is 9.62 Å². The van der Waals surface area contributed by atoms with E-state index in [2.05, 4.69) is 17.0 Å². The zero-order valence-corrected chi connectivity index (χ0v) is 13.8.